The van der Waals surface area contributed by atoms with E-state index in [1.54, 1.807) is 4.90 Å². The van der Waals surface area contributed by atoms with E-state index in [0.717, 1.165) is 16.7 Å². The van der Waals surface area contributed by atoms with Crippen molar-refractivity contribution in [3.8, 4) is 5.75 Å². The molecule has 2 aromatic carbocycles. The summed E-state index contributed by atoms with van der Waals surface area (Å²) in [5.41, 5.74) is 0.793. The van der Waals surface area contributed by atoms with Crippen molar-refractivity contribution in [3.63, 3.8) is 0 Å². The number of thioether (sulfide) groups is 1. The zero-order valence-corrected chi connectivity index (χ0v) is 20.1. The summed E-state index contributed by atoms with van der Waals surface area (Å²) in [4.78, 5) is 53.1. The number of phenolic OH excluding ortho intramolecular Hbond substituents is 1. The van der Waals surface area contributed by atoms with Gasteiger partial charge in [0.1, 0.15) is 6.54 Å². The number of nitro groups is 1. The lowest BCUT2D eigenvalue weighted by Gasteiger charge is -2.36. The van der Waals surface area contributed by atoms with Crippen LogP contribution in [0.25, 0.3) is 6.08 Å². The number of rotatable bonds is 5. The van der Waals surface area contributed by atoms with Gasteiger partial charge in [-0.3, -0.25) is 29.4 Å². The number of nitro benzene ring substituents is 1. The summed E-state index contributed by atoms with van der Waals surface area (Å²) in [6.07, 6.45) is 1.32. The molecule has 2 saturated heterocycles. The molecule has 2 aliphatic rings. The molecule has 0 bridgehead atoms. The van der Waals surface area contributed by atoms with Gasteiger partial charge in [-0.25, -0.2) is 0 Å². The Hall–Kier alpha value is -3.38. The normalized spacial score (nSPS) is 17.6. The maximum absolute atomic E-state index is 12.8. The molecule has 1 N–H and O–H groups in total. The van der Waals surface area contributed by atoms with Crippen molar-refractivity contribution in [2.75, 3.05) is 37.6 Å². The van der Waals surface area contributed by atoms with E-state index in [0.29, 0.717) is 37.9 Å². The lowest BCUT2D eigenvalue weighted by atomic mass is 10.1. The number of para-hydroxylation sites is 1. The van der Waals surface area contributed by atoms with Crippen LogP contribution >= 0.6 is 27.7 Å². The summed E-state index contributed by atoms with van der Waals surface area (Å²) in [5.74, 6) is -1.49. The Morgan fingerprint density at radius 2 is 1.82 bits per heavy atom. The lowest BCUT2D eigenvalue weighted by Crippen LogP contribution is -2.51. The van der Waals surface area contributed by atoms with Crippen LogP contribution in [0.1, 0.15) is 5.56 Å². The second kappa shape index (κ2) is 9.85. The number of hydrogen-bond acceptors (Lipinski definition) is 8. The number of anilines is 1. The second-order valence-electron chi connectivity index (χ2n) is 7.60. The number of hydrogen-bond donors (Lipinski definition) is 1. The van der Waals surface area contributed by atoms with Crippen LogP contribution in [0.4, 0.5) is 16.2 Å². The van der Waals surface area contributed by atoms with E-state index in [1.807, 2.05) is 30.3 Å². The Labute approximate surface area is 207 Å². The average Bonchev–Trinajstić information content (AvgIpc) is 3.09. The van der Waals surface area contributed by atoms with Crippen molar-refractivity contribution >= 4 is 62.2 Å². The van der Waals surface area contributed by atoms with Crippen molar-refractivity contribution in [2.24, 2.45) is 0 Å². The molecule has 10 nitrogen and oxygen atoms in total. The molecular formula is C22H19BrN4O6S. The van der Waals surface area contributed by atoms with Crippen LogP contribution in [0.2, 0.25) is 0 Å². The van der Waals surface area contributed by atoms with E-state index < -0.39 is 27.5 Å². The molecule has 2 fully saturated rings. The van der Waals surface area contributed by atoms with Crippen molar-refractivity contribution in [1.82, 2.24) is 9.80 Å². The molecule has 0 radical (unpaired) electrons. The summed E-state index contributed by atoms with van der Waals surface area (Å²) < 4.78 is 0.0806. The number of carbonyl (C=O) groups is 3. The summed E-state index contributed by atoms with van der Waals surface area (Å²) in [6, 6.07) is 12.4. The standard InChI is InChI=1S/C22H19BrN4O6S/c23-16-10-14(11-17(20(16)29)27(32)33)12-18-21(30)26(22(31)34-18)13-19(28)25-8-6-24(7-9-25)15-4-2-1-3-5-15/h1-5,10-12,29H,6-9,13H2/b18-12+. The highest BCUT2D eigenvalue weighted by Gasteiger charge is 2.37. The fourth-order valence-corrected chi connectivity index (χ4v) is 5.01. The van der Waals surface area contributed by atoms with E-state index >= 15 is 0 Å². The fraction of sp³-hybridized carbons (Fsp3) is 0.227. The van der Waals surface area contributed by atoms with Gasteiger partial charge < -0.3 is 14.9 Å². The minimum atomic E-state index is -0.751. The maximum Gasteiger partial charge on any atom is 0.312 e. The molecule has 0 atom stereocenters. The molecule has 2 aliphatic heterocycles. The van der Waals surface area contributed by atoms with Crippen LogP contribution in [-0.4, -0.2) is 69.6 Å². The van der Waals surface area contributed by atoms with Gasteiger partial charge in [0.25, 0.3) is 11.1 Å². The molecule has 3 amide bonds. The zero-order valence-electron chi connectivity index (χ0n) is 17.7. The molecule has 34 heavy (non-hydrogen) atoms. The van der Waals surface area contributed by atoms with E-state index in [2.05, 4.69) is 20.8 Å². The first-order valence-electron chi connectivity index (χ1n) is 10.2. The molecule has 0 saturated carbocycles. The van der Waals surface area contributed by atoms with Gasteiger partial charge in [0.2, 0.25) is 11.7 Å². The summed E-state index contributed by atoms with van der Waals surface area (Å²) in [5, 5.41) is 20.3. The van der Waals surface area contributed by atoms with Crippen LogP contribution in [0.5, 0.6) is 5.75 Å². The number of nitrogens with zero attached hydrogens (tertiary/aromatic N) is 4. The largest absolute Gasteiger partial charge is 0.501 e. The number of benzene rings is 2. The molecule has 2 heterocycles. The van der Waals surface area contributed by atoms with Crippen molar-refractivity contribution in [1.29, 1.82) is 0 Å². The molecule has 0 aliphatic carbocycles. The highest BCUT2D eigenvalue weighted by atomic mass is 79.9. The first-order valence-corrected chi connectivity index (χ1v) is 11.9. The molecular weight excluding hydrogens is 528 g/mol. The third kappa shape index (κ3) is 4.92. The number of carbonyl (C=O) groups excluding carboxylic acids is 3. The topological polar surface area (TPSA) is 124 Å². The highest BCUT2D eigenvalue weighted by molar-refractivity contribution is 9.10. The lowest BCUT2D eigenvalue weighted by molar-refractivity contribution is -0.386. The molecule has 12 heteroatoms. The Morgan fingerprint density at radius 1 is 1.15 bits per heavy atom. The summed E-state index contributed by atoms with van der Waals surface area (Å²) in [7, 11) is 0. The van der Waals surface area contributed by atoms with Crippen molar-refractivity contribution in [2.45, 2.75) is 0 Å². The minimum Gasteiger partial charge on any atom is -0.501 e. The third-order valence-corrected chi connectivity index (χ3v) is 6.99. The van der Waals surface area contributed by atoms with Crippen LogP contribution in [0.3, 0.4) is 0 Å². The molecule has 0 aromatic heterocycles. The van der Waals surface area contributed by atoms with E-state index in [4.69, 9.17) is 0 Å². The maximum atomic E-state index is 12.8. The Bertz CT molecular complexity index is 1200. The van der Waals surface area contributed by atoms with Crippen LogP contribution in [0.15, 0.2) is 51.8 Å². The number of phenols is 1. The van der Waals surface area contributed by atoms with Gasteiger partial charge >= 0.3 is 5.69 Å². The van der Waals surface area contributed by atoms with Gasteiger partial charge in [-0.15, -0.1) is 0 Å². The quantitative estimate of drug-likeness (QED) is 0.343. The summed E-state index contributed by atoms with van der Waals surface area (Å²) in [6.45, 7) is 1.88. The van der Waals surface area contributed by atoms with E-state index in [1.165, 1.54) is 12.1 Å². The number of imide groups is 1. The summed E-state index contributed by atoms with van der Waals surface area (Å²) >= 11 is 3.70. The van der Waals surface area contributed by atoms with Crippen LogP contribution in [-0.2, 0) is 9.59 Å². The molecule has 0 spiro atoms. The van der Waals surface area contributed by atoms with Crippen LogP contribution < -0.4 is 4.90 Å². The average molecular weight is 547 g/mol. The minimum absolute atomic E-state index is 0.0404. The van der Waals surface area contributed by atoms with E-state index in [9.17, 15) is 29.6 Å². The van der Waals surface area contributed by atoms with Gasteiger partial charge in [-0.1, -0.05) is 18.2 Å². The Kier molecular flexibility index (Phi) is 6.89. The highest BCUT2D eigenvalue weighted by Crippen LogP contribution is 2.38. The molecule has 0 unspecified atom stereocenters. The first-order chi connectivity index (χ1) is 16.2. The zero-order chi connectivity index (χ0) is 24.4. The number of halogens is 1. The van der Waals surface area contributed by atoms with Gasteiger partial charge in [0, 0.05) is 37.9 Å². The van der Waals surface area contributed by atoms with Gasteiger partial charge in [0.15, 0.2) is 0 Å². The SMILES string of the molecule is O=C(CN1C(=O)S/C(=C/c2cc(Br)c(O)c([N+](=O)[O-])c2)C1=O)N1CCN(c2ccccc2)CC1. The number of amides is 3. The van der Waals surface area contributed by atoms with Gasteiger partial charge in [-0.2, -0.15) is 0 Å². The molecule has 176 valence electrons. The predicted molar refractivity (Wildman–Crippen MR) is 130 cm³/mol. The van der Waals surface area contributed by atoms with Gasteiger partial charge in [0.05, 0.1) is 14.3 Å². The Balaban J connectivity index is 1.42. The van der Waals surface area contributed by atoms with E-state index in [-0.39, 0.29) is 27.4 Å². The molecule has 2 aromatic rings. The van der Waals surface area contributed by atoms with Crippen LogP contribution in [0, 0.1) is 10.1 Å². The fourth-order valence-electron chi connectivity index (χ4n) is 3.70. The third-order valence-electron chi connectivity index (χ3n) is 5.48. The number of aromatic hydroxyl groups is 1. The van der Waals surface area contributed by atoms with Crippen molar-refractivity contribution in [3.05, 3.63) is 67.5 Å². The first kappa shape index (κ1) is 23.8. The predicted octanol–water partition coefficient (Wildman–Crippen LogP) is 3.45. The monoisotopic (exact) mass is 546 g/mol. The van der Waals surface area contributed by atoms with Gasteiger partial charge in [-0.05, 0) is 57.5 Å². The smallest absolute Gasteiger partial charge is 0.312 e. The molecule has 4 rings (SSSR count). The Morgan fingerprint density at radius 3 is 2.47 bits per heavy atom. The van der Waals surface area contributed by atoms with Crippen molar-refractivity contribution < 1.29 is 24.4 Å². The number of piperazine rings is 1. The second-order valence-corrected chi connectivity index (χ2v) is 9.45.